The Morgan fingerprint density at radius 2 is 2.00 bits per heavy atom. The van der Waals surface area contributed by atoms with E-state index in [0.29, 0.717) is 5.69 Å². The lowest BCUT2D eigenvalue weighted by molar-refractivity contribution is -0.148. The van der Waals surface area contributed by atoms with E-state index in [4.69, 9.17) is 0 Å². The monoisotopic (exact) mass is 331 g/mol. The van der Waals surface area contributed by atoms with Gasteiger partial charge in [-0.3, -0.25) is 4.79 Å². The minimum Gasteiger partial charge on any atom is -0.469 e. The first-order valence-corrected chi connectivity index (χ1v) is 8.38. The molecule has 1 aliphatic rings. The van der Waals surface area contributed by atoms with Crippen molar-refractivity contribution < 1.29 is 23.1 Å². The number of hydrogen-bond donors (Lipinski definition) is 1. The molecule has 1 aromatic heterocycles. The number of piperidine rings is 1. The fraction of sp³-hybridized carbons (Fsp3) is 0.692. The number of aliphatic hydroxyl groups is 1. The smallest absolute Gasteiger partial charge is 0.310 e. The molecule has 2 rings (SSSR count). The third-order valence-corrected chi connectivity index (χ3v) is 5.88. The standard InChI is InChI=1S/C13H21N3O5S/c1-8-9(2)15(3)13(14-8)22(19,20)16-6-10(12(18)21-4)5-11(17)7-16/h10-11,17H,5-7H2,1-4H3. The van der Waals surface area contributed by atoms with Crippen molar-refractivity contribution in [3.8, 4) is 0 Å². The minimum absolute atomic E-state index is 0.0168. The minimum atomic E-state index is -3.88. The van der Waals surface area contributed by atoms with E-state index in [0.717, 1.165) is 10.00 Å². The molecular weight excluding hydrogens is 310 g/mol. The number of aliphatic hydroxyl groups excluding tert-OH is 1. The van der Waals surface area contributed by atoms with Crippen molar-refractivity contribution in [1.29, 1.82) is 0 Å². The maximum atomic E-state index is 12.8. The molecule has 124 valence electrons. The topological polar surface area (TPSA) is 102 Å². The highest BCUT2D eigenvalue weighted by Crippen LogP contribution is 2.25. The molecule has 0 radical (unpaired) electrons. The second kappa shape index (κ2) is 5.98. The van der Waals surface area contributed by atoms with Crippen LogP contribution in [0.15, 0.2) is 5.16 Å². The summed E-state index contributed by atoms with van der Waals surface area (Å²) in [6.07, 6.45) is -0.716. The molecule has 0 spiro atoms. The van der Waals surface area contributed by atoms with E-state index in [2.05, 4.69) is 9.72 Å². The number of aryl methyl sites for hydroxylation is 1. The molecule has 22 heavy (non-hydrogen) atoms. The molecule has 0 amide bonds. The molecule has 0 aromatic carbocycles. The van der Waals surface area contributed by atoms with Crippen LogP contribution in [0, 0.1) is 19.8 Å². The van der Waals surface area contributed by atoms with Gasteiger partial charge in [0.1, 0.15) is 0 Å². The number of nitrogens with zero attached hydrogens (tertiary/aromatic N) is 3. The first kappa shape index (κ1) is 16.9. The molecule has 9 heteroatoms. The van der Waals surface area contributed by atoms with Gasteiger partial charge in [-0.2, -0.15) is 4.31 Å². The number of carbonyl (C=O) groups is 1. The highest BCUT2D eigenvalue weighted by Gasteiger charge is 2.39. The summed E-state index contributed by atoms with van der Waals surface area (Å²) in [6, 6.07) is 0. The van der Waals surface area contributed by atoms with E-state index < -0.39 is 28.0 Å². The maximum Gasteiger partial charge on any atom is 0.310 e. The van der Waals surface area contributed by atoms with Crippen LogP contribution in [-0.2, 0) is 26.6 Å². The molecule has 1 saturated heterocycles. The Hall–Kier alpha value is -1.45. The van der Waals surface area contributed by atoms with Crippen LogP contribution in [0.5, 0.6) is 0 Å². The summed E-state index contributed by atoms with van der Waals surface area (Å²) in [4.78, 5) is 15.8. The summed E-state index contributed by atoms with van der Waals surface area (Å²) in [5, 5.41) is 9.81. The summed E-state index contributed by atoms with van der Waals surface area (Å²) >= 11 is 0. The molecule has 2 atom stereocenters. The summed E-state index contributed by atoms with van der Waals surface area (Å²) in [6.45, 7) is 3.44. The molecule has 1 fully saturated rings. The van der Waals surface area contributed by atoms with Crippen molar-refractivity contribution in [2.75, 3.05) is 20.2 Å². The number of sulfonamides is 1. The average Bonchev–Trinajstić information content (AvgIpc) is 2.74. The summed E-state index contributed by atoms with van der Waals surface area (Å²) < 4.78 is 32.8. The molecule has 8 nitrogen and oxygen atoms in total. The lowest BCUT2D eigenvalue weighted by Crippen LogP contribution is -2.48. The van der Waals surface area contributed by atoms with Crippen molar-refractivity contribution in [3.63, 3.8) is 0 Å². The Balaban J connectivity index is 2.36. The van der Waals surface area contributed by atoms with E-state index in [9.17, 15) is 18.3 Å². The summed E-state index contributed by atoms with van der Waals surface area (Å²) in [5.41, 5.74) is 1.38. The second-order valence-corrected chi connectivity index (χ2v) is 7.39. The Labute approximate surface area is 129 Å². The van der Waals surface area contributed by atoms with Gasteiger partial charge in [-0.05, 0) is 20.3 Å². The molecule has 1 N–H and O–H groups in total. The lowest BCUT2D eigenvalue weighted by atomic mass is 9.98. The number of methoxy groups -OCH3 is 1. The van der Waals surface area contributed by atoms with Crippen LogP contribution in [0.2, 0.25) is 0 Å². The van der Waals surface area contributed by atoms with Gasteiger partial charge in [-0.25, -0.2) is 13.4 Å². The molecule has 1 aliphatic heterocycles. The van der Waals surface area contributed by atoms with Crippen LogP contribution in [-0.4, -0.2) is 59.7 Å². The Bertz CT molecular complexity index is 682. The number of aromatic nitrogens is 2. The van der Waals surface area contributed by atoms with Crippen LogP contribution in [0.25, 0.3) is 0 Å². The zero-order valence-electron chi connectivity index (χ0n) is 13.1. The van der Waals surface area contributed by atoms with Crippen molar-refractivity contribution in [1.82, 2.24) is 13.9 Å². The van der Waals surface area contributed by atoms with Crippen LogP contribution in [0.4, 0.5) is 0 Å². The largest absolute Gasteiger partial charge is 0.469 e. The zero-order valence-corrected chi connectivity index (χ0v) is 13.9. The van der Waals surface area contributed by atoms with Crippen LogP contribution in [0.3, 0.4) is 0 Å². The van der Waals surface area contributed by atoms with Gasteiger partial charge in [0.15, 0.2) is 0 Å². The number of esters is 1. The lowest BCUT2D eigenvalue weighted by Gasteiger charge is -2.33. The number of rotatable bonds is 3. The molecule has 0 bridgehead atoms. The number of imidazole rings is 1. The highest BCUT2D eigenvalue weighted by atomic mass is 32.2. The van der Waals surface area contributed by atoms with Crippen LogP contribution in [0.1, 0.15) is 17.8 Å². The second-order valence-electron chi connectivity index (χ2n) is 5.56. The predicted molar refractivity (Wildman–Crippen MR) is 77.6 cm³/mol. The van der Waals surface area contributed by atoms with Gasteiger partial charge in [0.25, 0.3) is 10.0 Å². The third-order valence-electron chi connectivity index (χ3n) is 4.08. The molecule has 2 heterocycles. The first-order chi connectivity index (χ1) is 10.2. The Morgan fingerprint density at radius 1 is 1.36 bits per heavy atom. The fourth-order valence-electron chi connectivity index (χ4n) is 2.60. The number of β-amino-alcohol motifs (C(OH)–C–C–N with tert-alkyl or cyclic N) is 1. The van der Waals surface area contributed by atoms with Gasteiger partial charge in [0.05, 0.1) is 24.8 Å². The van der Waals surface area contributed by atoms with Gasteiger partial charge in [-0.1, -0.05) is 0 Å². The SMILES string of the molecule is COC(=O)C1CC(O)CN(S(=O)(=O)c2nc(C)c(C)n2C)C1. The van der Waals surface area contributed by atoms with Crippen LogP contribution < -0.4 is 0 Å². The molecule has 2 unspecified atom stereocenters. The van der Waals surface area contributed by atoms with Gasteiger partial charge in [-0.15, -0.1) is 0 Å². The van der Waals surface area contributed by atoms with Crippen molar-refractivity contribution in [3.05, 3.63) is 11.4 Å². The fourth-order valence-corrected chi connectivity index (χ4v) is 4.31. The van der Waals surface area contributed by atoms with Gasteiger partial charge in [0.2, 0.25) is 5.16 Å². The van der Waals surface area contributed by atoms with Crippen molar-refractivity contribution in [2.24, 2.45) is 13.0 Å². The number of hydrogen-bond acceptors (Lipinski definition) is 6. The molecular formula is C13H21N3O5S. The van der Waals surface area contributed by atoms with Gasteiger partial charge in [0, 0.05) is 25.8 Å². The number of carbonyl (C=O) groups excluding carboxylic acids is 1. The molecule has 0 aliphatic carbocycles. The number of ether oxygens (including phenoxy) is 1. The summed E-state index contributed by atoms with van der Waals surface area (Å²) in [5.74, 6) is -1.20. The van der Waals surface area contributed by atoms with Crippen molar-refractivity contribution in [2.45, 2.75) is 31.5 Å². The van der Waals surface area contributed by atoms with Gasteiger partial charge >= 0.3 is 5.97 Å². The van der Waals surface area contributed by atoms with Crippen molar-refractivity contribution >= 4 is 16.0 Å². The first-order valence-electron chi connectivity index (χ1n) is 6.94. The molecule has 0 saturated carbocycles. The van der Waals surface area contributed by atoms with E-state index in [-0.39, 0.29) is 24.7 Å². The normalized spacial score (nSPS) is 23.5. The third kappa shape index (κ3) is 2.88. The average molecular weight is 331 g/mol. The van der Waals surface area contributed by atoms with E-state index >= 15 is 0 Å². The van der Waals surface area contributed by atoms with E-state index in [1.165, 1.54) is 11.7 Å². The Kier molecular flexibility index (Phi) is 4.59. The summed E-state index contributed by atoms with van der Waals surface area (Å²) in [7, 11) is -1.02. The molecule has 1 aromatic rings. The predicted octanol–water partition coefficient (Wildman–Crippen LogP) is -0.419. The van der Waals surface area contributed by atoms with E-state index in [1.807, 2.05) is 0 Å². The maximum absolute atomic E-state index is 12.8. The quantitative estimate of drug-likeness (QED) is 0.755. The van der Waals surface area contributed by atoms with E-state index in [1.54, 1.807) is 20.9 Å². The zero-order chi connectivity index (χ0) is 16.7. The highest BCUT2D eigenvalue weighted by molar-refractivity contribution is 7.89. The van der Waals surface area contributed by atoms with Gasteiger partial charge < -0.3 is 14.4 Å². The van der Waals surface area contributed by atoms with Crippen LogP contribution >= 0.6 is 0 Å². The Morgan fingerprint density at radius 3 is 2.50 bits per heavy atom.